The van der Waals surface area contributed by atoms with Crippen molar-refractivity contribution in [3.05, 3.63) is 31.6 Å². The van der Waals surface area contributed by atoms with Crippen LogP contribution in [0.5, 0.6) is 0 Å². The minimum absolute atomic E-state index is 0.000216. The van der Waals surface area contributed by atoms with E-state index in [1.807, 2.05) is 13.8 Å². The molecule has 1 fully saturated rings. The maximum atomic E-state index is 12.6. The summed E-state index contributed by atoms with van der Waals surface area (Å²) < 4.78 is 1.39. The van der Waals surface area contributed by atoms with Crippen LogP contribution in [0.4, 0.5) is 0 Å². The lowest BCUT2D eigenvalue weighted by atomic mass is 9.85. The first kappa shape index (κ1) is 14.4. The van der Waals surface area contributed by atoms with Crippen LogP contribution < -0.4 is 11.2 Å². The van der Waals surface area contributed by atoms with E-state index in [-0.39, 0.29) is 28.4 Å². The van der Waals surface area contributed by atoms with Gasteiger partial charge in [-0.05, 0) is 24.7 Å². The molecule has 0 bridgehead atoms. The minimum Gasteiger partial charge on any atom is -0.297 e. The van der Waals surface area contributed by atoms with E-state index in [4.69, 9.17) is 11.6 Å². The van der Waals surface area contributed by atoms with Gasteiger partial charge in [-0.3, -0.25) is 14.3 Å². The third-order valence-electron chi connectivity index (χ3n) is 4.10. The van der Waals surface area contributed by atoms with Gasteiger partial charge in [0.1, 0.15) is 5.15 Å². The van der Waals surface area contributed by atoms with Gasteiger partial charge in [0.2, 0.25) is 0 Å². The largest absolute Gasteiger partial charge is 0.329 e. The molecule has 106 valence electrons. The van der Waals surface area contributed by atoms with Gasteiger partial charge in [-0.1, -0.05) is 45.2 Å². The van der Waals surface area contributed by atoms with Crippen molar-refractivity contribution in [1.29, 1.82) is 0 Å². The number of hydrogen-bond acceptors (Lipinski definition) is 2. The topological polar surface area (TPSA) is 54.9 Å². The summed E-state index contributed by atoms with van der Waals surface area (Å²) in [4.78, 5) is 27.3. The number of rotatable bonds is 2. The third-order valence-corrected chi connectivity index (χ3v) is 4.39. The van der Waals surface area contributed by atoms with Crippen molar-refractivity contribution in [2.24, 2.45) is 5.92 Å². The van der Waals surface area contributed by atoms with E-state index in [0.29, 0.717) is 11.5 Å². The van der Waals surface area contributed by atoms with Gasteiger partial charge in [0.25, 0.3) is 5.56 Å². The zero-order chi connectivity index (χ0) is 14.2. The summed E-state index contributed by atoms with van der Waals surface area (Å²) in [6, 6.07) is -0.000216. The Balaban J connectivity index is 2.60. The predicted octanol–water partition coefficient (Wildman–Crippen LogP) is 3.06. The molecule has 0 amide bonds. The highest BCUT2D eigenvalue weighted by atomic mass is 35.5. The number of aromatic nitrogens is 2. The molecule has 0 aromatic carbocycles. The fraction of sp³-hybridized carbons (Fsp3) is 0.714. The zero-order valence-electron chi connectivity index (χ0n) is 11.7. The van der Waals surface area contributed by atoms with Crippen molar-refractivity contribution in [2.75, 3.05) is 0 Å². The number of halogens is 1. The number of hydrogen-bond donors (Lipinski definition) is 1. The van der Waals surface area contributed by atoms with Gasteiger partial charge >= 0.3 is 5.69 Å². The van der Waals surface area contributed by atoms with Crippen molar-refractivity contribution in [1.82, 2.24) is 9.55 Å². The number of aromatic amines is 1. The fourth-order valence-corrected chi connectivity index (χ4v) is 3.40. The van der Waals surface area contributed by atoms with Gasteiger partial charge < -0.3 is 0 Å². The molecule has 0 aliphatic heterocycles. The molecule has 1 heterocycles. The van der Waals surface area contributed by atoms with E-state index < -0.39 is 0 Å². The summed E-state index contributed by atoms with van der Waals surface area (Å²) in [6.45, 7) is 5.94. The molecule has 1 saturated carbocycles. The Morgan fingerprint density at radius 2 is 1.89 bits per heavy atom. The van der Waals surface area contributed by atoms with Gasteiger partial charge in [-0.25, -0.2) is 4.79 Å². The van der Waals surface area contributed by atoms with Crippen molar-refractivity contribution in [3.8, 4) is 0 Å². The molecule has 1 N–H and O–H groups in total. The Hall–Kier alpha value is -1.03. The first-order valence-corrected chi connectivity index (χ1v) is 7.35. The SMILES string of the molecule is CC(C)c1c(Cl)[nH]c(=O)n(C2CCCCC2C)c1=O. The van der Waals surface area contributed by atoms with Crippen LogP contribution >= 0.6 is 11.6 Å². The maximum Gasteiger partial charge on any atom is 0.329 e. The van der Waals surface area contributed by atoms with Gasteiger partial charge in [-0.15, -0.1) is 0 Å². The quantitative estimate of drug-likeness (QED) is 0.849. The average Bonchev–Trinajstić information content (AvgIpc) is 2.30. The van der Waals surface area contributed by atoms with Crippen molar-refractivity contribution in [3.63, 3.8) is 0 Å². The lowest BCUT2D eigenvalue weighted by molar-refractivity contribution is 0.244. The van der Waals surface area contributed by atoms with Gasteiger partial charge in [0.15, 0.2) is 0 Å². The molecule has 2 atom stereocenters. The first-order valence-electron chi connectivity index (χ1n) is 6.97. The molecule has 1 aromatic rings. The van der Waals surface area contributed by atoms with Crippen LogP contribution in [0.2, 0.25) is 5.15 Å². The maximum absolute atomic E-state index is 12.6. The number of nitrogens with one attached hydrogen (secondary N) is 1. The summed E-state index contributed by atoms with van der Waals surface area (Å²) in [5, 5.41) is 0.185. The van der Waals surface area contributed by atoms with Gasteiger partial charge in [0.05, 0.1) is 5.56 Å². The molecule has 1 aliphatic carbocycles. The Morgan fingerprint density at radius 1 is 1.26 bits per heavy atom. The predicted molar refractivity (Wildman–Crippen MR) is 77.1 cm³/mol. The Labute approximate surface area is 117 Å². The number of nitrogens with zero attached hydrogens (tertiary/aromatic N) is 1. The Kier molecular flexibility index (Phi) is 4.19. The summed E-state index contributed by atoms with van der Waals surface area (Å²) in [5.41, 5.74) is -0.0836. The monoisotopic (exact) mass is 284 g/mol. The third kappa shape index (κ3) is 2.64. The summed E-state index contributed by atoms with van der Waals surface area (Å²) in [5.74, 6) is 0.357. The lowest BCUT2D eigenvalue weighted by Crippen LogP contribution is -2.43. The van der Waals surface area contributed by atoms with Crippen molar-refractivity contribution < 1.29 is 0 Å². The number of H-pyrrole nitrogens is 1. The van der Waals surface area contributed by atoms with Crippen LogP contribution in [0.25, 0.3) is 0 Å². The Bertz CT molecular complexity index is 574. The van der Waals surface area contributed by atoms with E-state index in [9.17, 15) is 9.59 Å². The standard InChI is InChI=1S/C14H21ClN2O2/c1-8(2)11-12(15)16-14(19)17(13(11)18)10-7-5-4-6-9(10)3/h8-10H,4-7H2,1-3H3,(H,16,19). The minimum atomic E-state index is -0.377. The molecule has 1 aliphatic rings. The van der Waals surface area contributed by atoms with Crippen molar-refractivity contribution >= 4 is 11.6 Å². The van der Waals surface area contributed by atoms with Crippen LogP contribution in [-0.4, -0.2) is 9.55 Å². The second kappa shape index (κ2) is 5.53. The second-order valence-electron chi connectivity index (χ2n) is 5.82. The van der Waals surface area contributed by atoms with Gasteiger partial charge in [-0.2, -0.15) is 0 Å². The normalized spacial score (nSPS) is 23.8. The van der Waals surface area contributed by atoms with E-state index in [2.05, 4.69) is 11.9 Å². The molecule has 0 spiro atoms. The average molecular weight is 285 g/mol. The molecule has 2 unspecified atom stereocenters. The molecule has 4 nitrogen and oxygen atoms in total. The molecule has 0 saturated heterocycles. The highest BCUT2D eigenvalue weighted by Gasteiger charge is 2.27. The van der Waals surface area contributed by atoms with E-state index in [1.54, 1.807) is 0 Å². The highest BCUT2D eigenvalue weighted by molar-refractivity contribution is 6.30. The fourth-order valence-electron chi connectivity index (χ4n) is 3.02. The highest BCUT2D eigenvalue weighted by Crippen LogP contribution is 2.32. The zero-order valence-corrected chi connectivity index (χ0v) is 12.5. The van der Waals surface area contributed by atoms with Crippen LogP contribution in [0.3, 0.4) is 0 Å². The summed E-state index contributed by atoms with van der Waals surface area (Å²) in [7, 11) is 0. The molecule has 1 aromatic heterocycles. The molecule has 0 radical (unpaired) electrons. The second-order valence-corrected chi connectivity index (χ2v) is 6.19. The van der Waals surface area contributed by atoms with E-state index >= 15 is 0 Å². The van der Waals surface area contributed by atoms with Crippen molar-refractivity contribution in [2.45, 2.75) is 58.4 Å². The summed E-state index contributed by atoms with van der Waals surface area (Å²) in [6.07, 6.45) is 4.20. The molecule has 19 heavy (non-hydrogen) atoms. The van der Waals surface area contributed by atoms with Crippen LogP contribution in [0.1, 0.15) is 64.0 Å². The van der Waals surface area contributed by atoms with Crippen LogP contribution in [0.15, 0.2) is 9.59 Å². The van der Waals surface area contributed by atoms with E-state index in [1.165, 1.54) is 11.0 Å². The molecule has 2 rings (SSSR count). The smallest absolute Gasteiger partial charge is 0.297 e. The van der Waals surface area contributed by atoms with Crippen LogP contribution in [-0.2, 0) is 0 Å². The van der Waals surface area contributed by atoms with Gasteiger partial charge in [0, 0.05) is 6.04 Å². The molecule has 5 heteroatoms. The molecular formula is C14H21ClN2O2. The van der Waals surface area contributed by atoms with Crippen LogP contribution in [0, 0.1) is 5.92 Å². The first-order chi connectivity index (χ1) is 8.93. The van der Waals surface area contributed by atoms with E-state index in [0.717, 1.165) is 19.3 Å². The molecular weight excluding hydrogens is 264 g/mol. The Morgan fingerprint density at radius 3 is 2.47 bits per heavy atom. The lowest BCUT2D eigenvalue weighted by Gasteiger charge is -2.30. The summed E-state index contributed by atoms with van der Waals surface area (Å²) >= 11 is 6.01.